The molecule has 182 valence electrons. The molecule has 7 nitrogen and oxygen atoms in total. The minimum Gasteiger partial charge on any atom is -0.352 e. The Morgan fingerprint density at radius 2 is 1.79 bits per heavy atom. The van der Waals surface area contributed by atoms with E-state index < -0.39 is 10.0 Å². The van der Waals surface area contributed by atoms with Gasteiger partial charge in [-0.2, -0.15) is 4.31 Å². The normalized spacial score (nSPS) is 18.7. The van der Waals surface area contributed by atoms with E-state index in [2.05, 4.69) is 29.3 Å². The predicted molar refractivity (Wildman–Crippen MR) is 133 cm³/mol. The maximum absolute atomic E-state index is 13.1. The van der Waals surface area contributed by atoms with Crippen LogP contribution in [0.2, 0.25) is 0 Å². The monoisotopic (exact) mass is 483 g/mol. The standard InChI is InChI=1S/C26H33N3O4S/c1-3-25(30)28-23-16-18-29(20(2)19-23)34(32,33)24-14-12-22(13-15-24)26(31)27-17-8-7-11-21-9-5-4-6-10-21/h3-6,9-10,12-15,20,23H,1,7-8,11,16-19H2,2H3,(H,27,31)(H,28,30). The molecule has 2 atom stereocenters. The molecule has 3 rings (SSSR count). The summed E-state index contributed by atoms with van der Waals surface area (Å²) < 4.78 is 27.8. The molecule has 2 aromatic carbocycles. The summed E-state index contributed by atoms with van der Waals surface area (Å²) in [6.07, 6.45) is 5.11. The summed E-state index contributed by atoms with van der Waals surface area (Å²) in [6.45, 7) is 6.17. The summed E-state index contributed by atoms with van der Waals surface area (Å²) in [4.78, 5) is 24.1. The van der Waals surface area contributed by atoms with Gasteiger partial charge in [-0.1, -0.05) is 36.9 Å². The van der Waals surface area contributed by atoms with E-state index in [1.54, 1.807) is 12.1 Å². The molecule has 0 aromatic heterocycles. The van der Waals surface area contributed by atoms with Crippen molar-refractivity contribution in [2.45, 2.75) is 56.0 Å². The van der Waals surface area contributed by atoms with Gasteiger partial charge in [0.25, 0.3) is 5.91 Å². The molecule has 2 aromatic rings. The summed E-state index contributed by atoms with van der Waals surface area (Å²) >= 11 is 0. The van der Waals surface area contributed by atoms with Crippen LogP contribution in [-0.2, 0) is 21.2 Å². The molecule has 0 spiro atoms. The number of nitrogens with zero attached hydrogens (tertiary/aromatic N) is 1. The number of sulfonamides is 1. The van der Waals surface area contributed by atoms with E-state index in [1.165, 1.54) is 28.1 Å². The fourth-order valence-electron chi connectivity index (χ4n) is 4.22. The summed E-state index contributed by atoms with van der Waals surface area (Å²) in [5, 5.41) is 5.74. The Morgan fingerprint density at radius 1 is 1.09 bits per heavy atom. The number of unbranched alkanes of at least 4 members (excludes halogenated alkanes) is 1. The van der Waals surface area contributed by atoms with Crippen LogP contribution in [0.25, 0.3) is 0 Å². The lowest BCUT2D eigenvalue weighted by Crippen LogP contribution is -2.50. The van der Waals surface area contributed by atoms with Crippen LogP contribution in [0.15, 0.2) is 72.1 Å². The first-order chi connectivity index (χ1) is 16.3. The van der Waals surface area contributed by atoms with Crippen LogP contribution in [-0.4, -0.2) is 49.7 Å². The molecular formula is C26H33N3O4S. The van der Waals surface area contributed by atoms with Gasteiger partial charge < -0.3 is 10.6 Å². The second kappa shape index (κ2) is 11.9. The molecule has 2 N–H and O–H groups in total. The zero-order valence-corrected chi connectivity index (χ0v) is 20.4. The first-order valence-electron chi connectivity index (χ1n) is 11.7. The van der Waals surface area contributed by atoms with E-state index in [1.807, 2.05) is 25.1 Å². The van der Waals surface area contributed by atoms with Gasteiger partial charge in [-0.05, 0) is 74.9 Å². The Morgan fingerprint density at radius 3 is 2.44 bits per heavy atom. The van der Waals surface area contributed by atoms with Crippen molar-refractivity contribution >= 4 is 21.8 Å². The first kappa shape index (κ1) is 25.6. The van der Waals surface area contributed by atoms with Crippen LogP contribution in [0.4, 0.5) is 0 Å². The Kier molecular flexibility index (Phi) is 9.01. The van der Waals surface area contributed by atoms with Gasteiger partial charge in [0, 0.05) is 30.7 Å². The maximum Gasteiger partial charge on any atom is 0.251 e. The maximum atomic E-state index is 13.1. The molecule has 1 aliphatic heterocycles. The lowest BCUT2D eigenvalue weighted by molar-refractivity contribution is -0.117. The number of nitrogens with one attached hydrogen (secondary N) is 2. The quantitative estimate of drug-likeness (QED) is 0.400. The third-order valence-corrected chi connectivity index (χ3v) is 8.12. The average molecular weight is 484 g/mol. The lowest BCUT2D eigenvalue weighted by atomic mass is 10.0. The molecule has 34 heavy (non-hydrogen) atoms. The van der Waals surface area contributed by atoms with Gasteiger partial charge >= 0.3 is 0 Å². The highest BCUT2D eigenvalue weighted by Gasteiger charge is 2.34. The van der Waals surface area contributed by atoms with E-state index in [4.69, 9.17) is 0 Å². The van der Waals surface area contributed by atoms with Crippen LogP contribution >= 0.6 is 0 Å². The van der Waals surface area contributed by atoms with Crippen molar-refractivity contribution in [1.29, 1.82) is 0 Å². The molecule has 1 saturated heterocycles. The molecule has 0 bridgehead atoms. The second-order valence-corrected chi connectivity index (χ2v) is 10.5. The van der Waals surface area contributed by atoms with Crippen LogP contribution in [0.5, 0.6) is 0 Å². The van der Waals surface area contributed by atoms with Gasteiger partial charge in [-0.3, -0.25) is 9.59 Å². The number of hydrogen-bond donors (Lipinski definition) is 2. The van der Waals surface area contributed by atoms with Crippen LogP contribution in [0, 0.1) is 0 Å². The molecule has 1 heterocycles. The Bertz CT molecular complexity index is 1080. The van der Waals surface area contributed by atoms with E-state index in [-0.39, 0.29) is 28.8 Å². The second-order valence-electron chi connectivity index (χ2n) is 8.62. The number of piperidine rings is 1. The van der Waals surface area contributed by atoms with Crippen molar-refractivity contribution in [3.8, 4) is 0 Å². The number of benzene rings is 2. The molecule has 0 aliphatic carbocycles. The topological polar surface area (TPSA) is 95.6 Å². The Labute approximate surface area is 202 Å². The molecule has 2 unspecified atom stereocenters. The number of carbonyl (C=O) groups is 2. The highest BCUT2D eigenvalue weighted by Crippen LogP contribution is 2.25. The van der Waals surface area contributed by atoms with Crippen molar-refractivity contribution in [1.82, 2.24) is 14.9 Å². The molecule has 2 amide bonds. The highest BCUT2D eigenvalue weighted by molar-refractivity contribution is 7.89. The number of amides is 2. The summed E-state index contributed by atoms with van der Waals surface area (Å²) in [6, 6.07) is 16.0. The first-order valence-corrected chi connectivity index (χ1v) is 13.1. The van der Waals surface area contributed by atoms with Gasteiger partial charge in [0.15, 0.2) is 0 Å². The van der Waals surface area contributed by atoms with Crippen molar-refractivity contribution in [3.05, 3.63) is 78.4 Å². The lowest BCUT2D eigenvalue weighted by Gasteiger charge is -2.36. The van der Waals surface area contributed by atoms with Gasteiger partial charge in [0.1, 0.15) is 0 Å². The Hall–Kier alpha value is -2.97. The van der Waals surface area contributed by atoms with Crippen molar-refractivity contribution < 1.29 is 18.0 Å². The number of carbonyl (C=O) groups excluding carboxylic acids is 2. The molecule has 1 fully saturated rings. The van der Waals surface area contributed by atoms with Crippen molar-refractivity contribution in [2.24, 2.45) is 0 Å². The van der Waals surface area contributed by atoms with Crippen LogP contribution < -0.4 is 10.6 Å². The average Bonchev–Trinajstić information content (AvgIpc) is 2.84. The number of rotatable bonds is 10. The molecule has 8 heteroatoms. The van der Waals surface area contributed by atoms with Crippen LogP contribution in [0.1, 0.15) is 48.5 Å². The summed E-state index contributed by atoms with van der Waals surface area (Å²) in [5.41, 5.74) is 1.71. The van der Waals surface area contributed by atoms with E-state index >= 15 is 0 Å². The minimum atomic E-state index is -3.69. The van der Waals surface area contributed by atoms with E-state index in [0.29, 0.717) is 31.5 Å². The Balaban J connectivity index is 1.50. The number of aryl methyl sites for hydroxylation is 1. The molecular weight excluding hydrogens is 450 g/mol. The fraction of sp³-hybridized carbons (Fsp3) is 0.385. The molecule has 1 aliphatic rings. The third-order valence-electron chi connectivity index (χ3n) is 6.09. The molecule has 0 radical (unpaired) electrons. The zero-order valence-electron chi connectivity index (χ0n) is 19.6. The highest BCUT2D eigenvalue weighted by atomic mass is 32.2. The zero-order chi connectivity index (χ0) is 24.6. The third kappa shape index (κ3) is 6.77. The van der Waals surface area contributed by atoms with Gasteiger partial charge in [-0.15, -0.1) is 0 Å². The largest absolute Gasteiger partial charge is 0.352 e. The smallest absolute Gasteiger partial charge is 0.251 e. The van der Waals surface area contributed by atoms with E-state index in [0.717, 1.165) is 19.3 Å². The predicted octanol–water partition coefficient (Wildman–Crippen LogP) is 3.28. The van der Waals surface area contributed by atoms with Gasteiger partial charge in [0.2, 0.25) is 15.9 Å². The fourth-order valence-corrected chi connectivity index (χ4v) is 5.87. The van der Waals surface area contributed by atoms with Crippen LogP contribution in [0.3, 0.4) is 0 Å². The summed E-state index contributed by atoms with van der Waals surface area (Å²) in [7, 11) is -3.69. The van der Waals surface area contributed by atoms with E-state index in [9.17, 15) is 18.0 Å². The SMILES string of the molecule is C=CC(=O)NC1CCN(S(=O)(=O)c2ccc(C(=O)NCCCCc3ccccc3)cc2)C(C)C1. The van der Waals surface area contributed by atoms with Crippen molar-refractivity contribution in [2.75, 3.05) is 13.1 Å². The van der Waals surface area contributed by atoms with Gasteiger partial charge in [-0.25, -0.2) is 8.42 Å². The molecule has 0 saturated carbocycles. The van der Waals surface area contributed by atoms with Gasteiger partial charge in [0.05, 0.1) is 4.90 Å². The minimum absolute atomic E-state index is 0.0780. The number of hydrogen-bond acceptors (Lipinski definition) is 4. The van der Waals surface area contributed by atoms with Crippen molar-refractivity contribution in [3.63, 3.8) is 0 Å². The summed E-state index contributed by atoms with van der Waals surface area (Å²) in [5.74, 6) is -0.464.